The van der Waals surface area contributed by atoms with Gasteiger partial charge in [0.1, 0.15) is 12.2 Å². The maximum atomic E-state index is 11.8. The van der Waals surface area contributed by atoms with Crippen LogP contribution >= 0.6 is 0 Å². The van der Waals surface area contributed by atoms with Crippen LogP contribution in [0.5, 0.6) is 0 Å². The number of aromatic amines is 1. The number of hydrogen-bond acceptors (Lipinski definition) is 4. The van der Waals surface area contributed by atoms with Crippen LogP contribution in [-0.2, 0) is 11.2 Å². The Balaban J connectivity index is 1.82. The molecule has 1 amide bonds. The highest BCUT2D eigenvalue weighted by atomic mass is 16.1. The summed E-state index contributed by atoms with van der Waals surface area (Å²) in [5.41, 5.74) is 7.46. The van der Waals surface area contributed by atoms with Crippen molar-refractivity contribution in [2.45, 2.75) is 25.8 Å². The molecule has 0 fully saturated rings. The van der Waals surface area contributed by atoms with E-state index in [0.29, 0.717) is 24.4 Å². The molecule has 1 heterocycles. The number of nitrogens with one attached hydrogen (secondary N) is 2. The average Bonchev–Trinajstić information content (AvgIpc) is 2.90. The number of nitrogens with zero attached hydrogens (tertiary/aromatic N) is 2. The number of nitrogens with two attached hydrogens (primary N) is 1. The van der Waals surface area contributed by atoms with Gasteiger partial charge < -0.3 is 11.1 Å². The molecular formula is C13H17N5O. The molecular weight excluding hydrogens is 242 g/mol. The third-order valence-electron chi connectivity index (χ3n) is 2.81. The maximum Gasteiger partial charge on any atom is 0.220 e. The summed E-state index contributed by atoms with van der Waals surface area (Å²) in [5, 5.41) is 9.35. The minimum Gasteiger partial charge on any atom is -0.399 e. The van der Waals surface area contributed by atoms with Crippen LogP contribution in [0.2, 0.25) is 0 Å². The molecule has 1 aromatic heterocycles. The number of carbonyl (C=O) groups is 1. The number of aryl methyl sites for hydroxylation is 1. The highest BCUT2D eigenvalue weighted by Gasteiger charge is 2.11. The second-order valence-electron chi connectivity index (χ2n) is 4.40. The standard InChI is InChI=1S/C13H17N5O/c1-9(13-15-8-16-18-13)17-12(19)6-5-10-3-2-4-11(14)7-10/h2-4,7-9H,5-6,14H2,1H3,(H,17,19)(H,15,16,18). The van der Waals surface area contributed by atoms with E-state index >= 15 is 0 Å². The van der Waals surface area contributed by atoms with Crippen molar-refractivity contribution in [3.63, 3.8) is 0 Å². The third kappa shape index (κ3) is 3.80. The second-order valence-corrected chi connectivity index (χ2v) is 4.40. The molecule has 1 unspecified atom stereocenters. The molecule has 2 rings (SSSR count). The van der Waals surface area contributed by atoms with Gasteiger partial charge in [-0.3, -0.25) is 9.89 Å². The van der Waals surface area contributed by atoms with E-state index in [1.54, 1.807) is 0 Å². The maximum absolute atomic E-state index is 11.8. The van der Waals surface area contributed by atoms with Crippen LogP contribution in [0.15, 0.2) is 30.6 Å². The Hall–Kier alpha value is -2.37. The van der Waals surface area contributed by atoms with Gasteiger partial charge in [0.15, 0.2) is 0 Å². The molecule has 1 aromatic carbocycles. The highest BCUT2D eigenvalue weighted by Crippen LogP contribution is 2.10. The lowest BCUT2D eigenvalue weighted by Gasteiger charge is -2.11. The minimum atomic E-state index is -0.171. The Bertz CT molecular complexity index is 538. The highest BCUT2D eigenvalue weighted by molar-refractivity contribution is 5.76. The Morgan fingerprint density at radius 1 is 1.53 bits per heavy atom. The average molecular weight is 259 g/mol. The summed E-state index contributed by atoms with van der Waals surface area (Å²) in [6, 6.07) is 7.39. The molecule has 0 aliphatic rings. The summed E-state index contributed by atoms with van der Waals surface area (Å²) in [4.78, 5) is 15.8. The summed E-state index contributed by atoms with van der Waals surface area (Å²) in [6.07, 6.45) is 2.51. The van der Waals surface area contributed by atoms with Gasteiger partial charge in [-0.05, 0) is 31.0 Å². The molecule has 0 radical (unpaired) electrons. The van der Waals surface area contributed by atoms with E-state index in [4.69, 9.17) is 5.73 Å². The van der Waals surface area contributed by atoms with Crippen molar-refractivity contribution in [1.29, 1.82) is 0 Å². The van der Waals surface area contributed by atoms with Crippen molar-refractivity contribution in [3.8, 4) is 0 Å². The smallest absolute Gasteiger partial charge is 0.220 e. The minimum absolute atomic E-state index is 0.0219. The van der Waals surface area contributed by atoms with Gasteiger partial charge in [-0.2, -0.15) is 5.10 Å². The van der Waals surface area contributed by atoms with Gasteiger partial charge in [0.25, 0.3) is 0 Å². The third-order valence-corrected chi connectivity index (χ3v) is 2.81. The molecule has 0 aliphatic heterocycles. The van der Waals surface area contributed by atoms with Gasteiger partial charge in [-0.25, -0.2) is 4.98 Å². The van der Waals surface area contributed by atoms with Gasteiger partial charge >= 0.3 is 0 Å². The van der Waals surface area contributed by atoms with E-state index in [9.17, 15) is 4.79 Å². The Kier molecular flexibility index (Phi) is 4.12. The number of carbonyl (C=O) groups excluding carboxylic acids is 1. The number of rotatable bonds is 5. The fraction of sp³-hybridized carbons (Fsp3) is 0.308. The molecule has 100 valence electrons. The van der Waals surface area contributed by atoms with E-state index in [1.807, 2.05) is 31.2 Å². The quantitative estimate of drug-likeness (QED) is 0.703. The monoisotopic (exact) mass is 259 g/mol. The number of aromatic nitrogens is 3. The lowest BCUT2D eigenvalue weighted by atomic mass is 10.1. The van der Waals surface area contributed by atoms with Crippen LogP contribution < -0.4 is 11.1 Å². The predicted octanol–water partition coefficient (Wildman–Crippen LogP) is 1.20. The van der Waals surface area contributed by atoms with E-state index in [0.717, 1.165) is 5.56 Å². The first-order valence-electron chi connectivity index (χ1n) is 6.14. The molecule has 19 heavy (non-hydrogen) atoms. The molecule has 0 aliphatic carbocycles. The fourth-order valence-electron chi connectivity index (χ4n) is 1.81. The summed E-state index contributed by atoms with van der Waals surface area (Å²) in [5.74, 6) is 0.628. The molecule has 4 N–H and O–H groups in total. The Morgan fingerprint density at radius 3 is 3.05 bits per heavy atom. The van der Waals surface area contributed by atoms with Gasteiger partial charge in [0, 0.05) is 12.1 Å². The van der Waals surface area contributed by atoms with Gasteiger partial charge in [-0.1, -0.05) is 12.1 Å². The van der Waals surface area contributed by atoms with E-state index in [2.05, 4.69) is 20.5 Å². The lowest BCUT2D eigenvalue weighted by molar-refractivity contribution is -0.121. The van der Waals surface area contributed by atoms with Gasteiger partial charge in [-0.15, -0.1) is 0 Å². The number of H-pyrrole nitrogens is 1. The number of hydrogen-bond donors (Lipinski definition) is 3. The molecule has 1 atom stereocenters. The first-order chi connectivity index (χ1) is 9.15. The van der Waals surface area contributed by atoms with Gasteiger partial charge in [0.05, 0.1) is 6.04 Å². The van der Waals surface area contributed by atoms with E-state index in [-0.39, 0.29) is 11.9 Å². The van der Waals surface area contributed by atoms with Crippen molar-refractivity contribution in [2.75, 3.05) is 5.73 Å². The van der Waals surface area contributed by atoms with Crippen molar-refractivity contribution < 1.29 is 4.79 Å². The van der Waals surface area contributed by atoms with E-state index < -0.39 is 0 Å². The molecule has 0 spiro atoms. The largest absolute Gasteiger partial charge is 0.399 e. The second kappa shape index (κ2) is 5.99. The summed E-state index contributed by atoms with van der Waals surface area (Å²) < 4.78 is 0. The first-order valence-corrected chi connectivity index (χ1v) is 6.14. The van der Waals surface area contributed by atoms with Crippen LogP contribution in [0.3, 0.4) is 0 Å². The Morgan fingerprint density at radius 2 is 2.37 bits per heavy atom. The molecule has 6 nitrogen and oxygen atoms in total. The number of benzene rings is 1. The zero-order valence-electron chi connectivity index (χ0n) is 10.8. The normalized spacial score (nSPS) is 12.1. The molecule has 0 saturated carbocycles. The van der Waals surface area contributed by atoms with Crippen molar-refractivity contribution >= 4 is 11.6 Å². The van der Waals surface area contributed by atoms with E-state index in [1.165, 1.54) is 6.33 Å². The summed E-state index contributed by atoms with van der Waals surface area (Å²) in [7, 11) is 0. The number of nitrogen functional groups attached to an aromatic ring is 1. The zero-order valence-corrected chi connectivity index (χ0v) is 10.8. The van der Waals surface area contributed by atoms with Crippen molar-refractivity contribution in [1.82, 2.24) is 20.5 Å². The lowest BCUT2D eigenvalue weighted by Crippen LogP contribution is -2.27. The molecule has 6 heteroatoms. The van der Waals surface area contributed by atoms with Crippen molar-refractivity contribution in [3.05, 3.63) is 42.0 Å². The van der Waals surface area contributed by atoms with Crippen molar-refractivity contribution in [2.24, 2.45) is 0 Å². The van der Waals surface area contributed by atoms with Crippen LogP contribution in [0.4, 0.5) is 5.69 Å². The van der Waals surface area contributed by atoms with Crippen LogP contribution in [0.1, 0.15) is 30.8 Å². The molecule has 2 aromatic rings. The first kappa shape index (κ1) is 13.1. The number of amides is 1. The van der Waals surface area contributed by atoms with Gasteiger partial charge in [0.2, 0.25) is 5.91 Å². The topological polar surface area (TPSA) is 96.7 Å². The zero-order chi connectivity index (χ0) is 13.7. The molecule has 0 bridgehead atoms. The number of anilines is 1. The SMILES string of the molecule is CC(NC(=O)CCc1cccc(N)c1)c1ncn[nH]1. The molecule has 0 saturated heterocycles. The van der Waals surface area contributed by atoms with Crippen LogP contribution in [0, 0.1) is 0 Å². The van der Waals surface area contributed by atoms with Crippen LogP contribution in [-0.4, -0.2) is 21.1 Å². The Labute approximate surface area is 111 Å². The predicted molar refractivity (Wildman–Crippen MR) is 72.1 cm³/mol. The fourth-order valence-corrected chi connectivity index (χ4v) is 1.81. The summed E-state index contributed by atoms with van der Waals surface area (Å²) in [6.45, 7) is 1.86. The summed E-state index contributed by atoms with van der Waals surface area (Å²) >= 11 is 0. The van der Waals surface area contributed by atoms with Crippen LogP contribution in [0.25, 0.3) is 0 Å².